The highest BCUT2D eigenvalue weighted by Gasteiger charge is 2.24. The second kappa shape index (κ2) is 7.61. The molecule has 136 valence electrons. The van der Waals surface area contributed by atoms with Gasteiger partial charge in [0.1, 0.15) is 11.3 Å². The van der Waals surface area contributed by atoms with Crippen LogP contribution in [0, 0.1) is 0 Å². The Morgan fingerprint density at radius 2 is 2.04 bits per heavy atom. The number of methoxy groups -OCH3 is 1. The maximum atomic E-state index is 12.3. The zero-order valence-electron chi connectivity index (χ0n) is 14.2. The molecule has 0 fully saturated rings. The summed E-state index contributed by atoms with van der Waals surface area (Å²) in [6.45, 7) is 1.94. The average molecular weight is 375 g/mol. The van der Waals surface area contributed by atoms with Crippen LogP contribution in [0.5, 0.6) is 5.75 Å². The van der Waals surface area contributed by atoms with E-state index in [-0.39, 0.29) is 5.56 Å². The fourth-order valence-corrected chi connectivity index (χ4v) is 3.27. The van der Waals surface area contributed by atoms with E-state index in [0.717, 1.165) is 5.75 Å². The molecule has 0 bridgehead atoms. The summed E-state index contributed by atoms with van der Waals surface area (Å²) in [6, 6.07) is 6.72. The van der Waals surface area contributed by atoms with E-state index >= 15 is 0 Å². The lowest BCUT2D eigenvalue weighted by atomic mass is 10.2. The summed E-state index contributed by atoms with van der Waals surface area (Å²) in [5, 5.41) is 3.21. The van der Waals surface area contributed by atoms with E-state index in [1.807, 2.05) is 0 Å². The normalized spacial score (nSPS) is 13.6. The van der Waals surface area contributed by atoms with Gasteiger partial charge in [0.25, 0.3) is 11.5 Å². The molecule has 1 amide bonds. The smallest absolute Gasteiger partial charge is 0.346 e. The Balaban J connectivity index is 1.65. The molecule has 2 heterocycles. The highest BCUT2D eigenvalue weighted by molar-refractivity contribution is 7.99. The molecule has 0 aliphatic carbocycles. The summed E-state index contributed by atoms with van der Waals surface area (Å²) in [7, 11) is 1.55. The summed E-state index contributed by atoms with van der Waals surface area (Å²) >= 11 is 1.45. The first kappa shape index (κ1) is 18.0. The predicted molar refractivity (Wildman–Crippen MR) is 95.7 cm³/mol. The number of rotatable bonds is 5. The van der Waals surface area contributed by atoms with Gasteiger partial charge in [0.15, 0.2) is 11.3 Å². The molecular weight excluding hydrogens is 358 g/mol. The van der Waals surface area contributed by atoms with Gasteiger partial charge in [-0.25, -0.2) is 9.78 Å². The number of carbonyl (C=O) groups excluding carboxylic acids is 2. The summed E-state index contributed by atoms with van der Waals surface area (Å²) in [5.74, 6) is 0.0205. The number of ether oxygens (including phenoxy) is 2. The Morgan fingerprint density at radius 1 is 1.31 bits per heavy atom. The van der Waals surface area contributed by atoms with Crippen molar-refractivity contribution in [3.63, 3.8) is 0 Å². The zero-order chi connectivity index (χ0) is 18.7. The number of aromatic nitrogens is 2. The van der Waals surface area contributed by atoms with Crippen LogP contribution in [-0.2, 0) is 16.1 Å². The number of thioether (sulfide) groups is 1. The molecule has 2 aromatic rings. The molecule has 9 heteroatoms. The standard InChI is InChI=1S/C17H17N3O5S/c1-10(14(21)19-11-3-5-12(24-2)6-4-11)25-16(23)13-9-18-17-20(15(13)22)7-8-26-17/h3-6,9-10H,7-8H2,1-2H3,(H,19,21)/t10-/m0/s1. The predicted octanol–water partition coefficient (Wildman–Crippen LogP) is 1.54. The molecule has 3 rings (SSSR count). The van der Waals surface area contributed by atoms with Crippen LogP contribution >= 0.6 is 11.8 Å². The van der Waals surface area contributed by atoms with Crippen molar-refractivity contribution in [1.82, 2.24) is 9.55 Å². The first-order chi connectivity index (χ1) is 12.5. The third-order valence-corrected chi connectivity index (χ3v) is 4.76. The van der Waals surface area contributed by atoms with Crippen molar-refractivity contribution in [1.29, 1.82) is 0 Å². The van der Waals surface area contributed by atoms with Crippen molar-refractivity contribution >= 4 is 29.3 Å². The van der Waals surface area contributed by atoms with Gasteiger partial charge in [-0.15, -0.1) is 0 Å². The Morgan fingerprint density at radius 3 is 2.73 bits per heavy atom. The van der Waals surface area contributed by atoms with Crippen molar-refractivity contribution in [2.45, 2.75) is 24.7 Å². The fraction of sp³-hybridized carbons (Fsp3) is 0.294. The average Bonchev–Trinajstić information content (AvgIpc) is 3.12. The van der Waals surface area contributed by atoms with Crippen LogP contribution in [0.3, 0.4) is 0 Å². The van der Waals surface area contributed by atoms with Crippen molar-refractivity contribution in [3.05, 3.63) is 46.4 Å². The van der Waals surface area contributed by atoms with Crippen LogP contribution in [-0.4, -0.2) is 40.4 Å². The molecule has 1 aromatic carbocycles. The second-order valence-electron chi connectivity index (χ2n) is 5.52. The van der Waals surface area contributed by atoms with Crippen molar-refractivity contribution in [2.75, 3.05) is 18.2 Å². The number of anilines is 1. The van der Waals surface area contributed by atoms with Gasteiger partial charge in [0.05, 0.1) is 13.3 Å². The lowest BCUT2D eigenvalue weighted by Gasteiger charge is -2.14. The molecule has 1 N–H and O–H groups in total. The van der Waals surface area contributed by atoms with E-state index in [1.54, 1.807) is 31.4 Å². The van der Waals surface area contributed by atoms with E-state index in [2.05, 4.69) is 10.3 Å². The van der Waals surface area contributed by atoms with Crippen molar-refractivity contribution in [3.8, 4) is 5.75 Å². The van der Waals surface area contributed by atoms with Gasteiger partial charge in [0.2, 0.25) is 0 Å². The molecule has 26 heavy (non-hydrogen) atoms. The van der Waals surface area contributed by atoms with Gasteiger partial charge in [0, 0.05) is 18.0 Å². The molecule has 0 saturated heterocycles. The Labute approximate surface area is 153 Å². The monoisotopic (exact) mass is 375 g/mol. The van der Waals surface area contributed by atoms with Gasteiger partial charge in [-0.2, -0.15) is 0 Å². The lowest BCUT2D eigenvalue weighted by Crippen LogP contribution is -2.33. The summed E-state index contributed by atoms with van der Waals surface area (Å²) < 4.78 is 11.6. The molecule has 0 spiro atoms. The number of hydrogen-bond donors (Lipinski definition) is 1. The van der Waals surface area contributed by atoms with Crippen LogP contribution in [0.1, 0.15) is 17.3 Å². The van der Waals surface area contributed by atoms with E-state index < -0.39 is 23.5 Å². The molecule has 0 radical (unpaired) electrons. The highest BCUT2D eigenvalue weighted by Crippen LogP contribution is 2.20. The molecule has 1 aliphatic heterocycles. The third-order valence-electron chi connectivity index (χ3n) is 3.79. The molecule has 0 unspecified atom stereocenters. The van der Waals surface area contributed by atoms with Crippen LogP contribution < -0.4 is 15.6 Å². The van der Waals surface area contributed by atoms with Crippen LogP contribution in [0.15, 0.2) is 40.4 Å². The minimum Gasteiger partial charge on any atom is -0.497 e. The van der Waals surface area contributed by atoms with Gasteiger partial charge in [-0.1, -0.05) is 11.8 Å². The Kier molecular flexibility index (Phi) is 5.27. The maximum absolute atomic E-state index is 12.3. The van der Waals surface area contributed by atoms with E-state index in [1.165, 1.54) is 29.4 Å². The number of amides is 1. The maximum Gasteiger partial charge on any atom is 0.346 e. The quantitative estimate of drug-likeness (QED) is 0.625. The number of carbonyl (C=O) groups is 2. The number of nitrogens with zero attached hydrogens (tertiary/aromatic N) is 2. The minimum absolute atomic E-state index is 0.180. The summed E-state index contributed by atoms with van der Waals surface area (Å²) in [4.78, 5) is 40.8. The first-order valence-corrected chi connectivity index (χ1v) is 8.86. The van der Waals surface area contributed by atoms with Crippen molar-refractivity contribution in [2.24, 2.45) is 0 Å². The van der Waals surface area contributed by atoms with Crippen molar-refractivity contribution < 1.29 is 19.1 Å². The number of hydrogen-bond acceptors (Lipinski definition) is 7. The van der Waals surface area contributed by atoms with Crippen LogP contribution in [0.2, 0.25) is 0 Å². The minimum atomic E-state index is -1.07. The van der Waals surface area contributed by atoms with Gasteiger partial charge in [-0.3, -0.25) is 14.2 Å². The van der Waals surface area contributed by atoms with E-state index in [0.29, 0.717) is 23.1 Å². The van der Waals surface area contributed by atoms with Crippen LogP contribution in [0.4, 0.5) is 5.69 Å². The fourth-order valence-electron chi connectivity index (χ4n) is 2.35. The molecular formula is C17H17N3O5S. The van der Waals surface area contributed by atoms with Gasteiger partial charge < -0.3 is 14.8 Å². The summed E-state index contributed by atoms with van der Waals surface area (Å²) in [6.07, 6.45) is 0.125. The number of fused-ring (bicyclic) bond motifs is 1. The summed E-state index contributed by atoms with van der Waals surface area (Å²) in [5.41, 5.74) is -0.0944. The Bertz CT molecular complexity index is 894. The number of nitrogens with one attached hydrogen (secondary N) is 1. The van der Waals surface area contributed by atoms with Crippen LogP contribution in [0.25, 0.3) is 0 Å². The number of esters is 1. The lowest BCUT2D eigenvalue weighted by molar-refractivity contribution is -0.123. The van der Waals surface area contributed by atoms with E-state index in [4.69, 9.17) is 9.47 Å². The van der Waals surface area contributed by atoms with Gasteiger partial charge in [-0.05, 0) is 31.2 Å². The topological polar surface area (TPSA) is 99.5 Å². The third kappa shape index (κ3) is 3.72. The highest BCUT2D eigenvalue weighted by atomic mass is 32.2. The molecule has 1 atom stereocenters. The molecule has 1 aromatic heterocycles. The van der Waals surface area contributed by atoms with E-state index in [9.17, 15) is 14.4 Å². The van der Waals surface area contributed by atoms with Gasteiger partial charge >= 0.3 is 5.97 Å². The molecule has 0 saturated carbocycles. The zero-order valence-corrected chi connectivity index (χ0v) is 15.0. The molecule has 1 aliphatic rings. The second-order valence-corrected chi connectivity index (χ2v) is 6.59. The molecule has 8 nitrogen and oxygen atoms in total. The largest absolute Gasteiger partial charge is 0.497 e. The first-order valence-electron chi connectivity index (χ1n) is 7.88. The number of benzene rings is 1. The SMILES string of the molecule is COc1ccc(NC(=O)[C@H](C)OC(=O)c2cnc3n(c2=O)CCS3)cc1. The Hall–Kier alpha value is -2.81.